The molecule has 0 aliphatic carbocycles. The van der Waals surface area contributed by atoms with Crippen LogP contribution in [0.3, 0.4) is 0 Å². The van der Waals surface area contributed by atoms with E-state index in [-0.39, 0.29) is 11.2 Å². The molecule has 0 saturated carbocycles. The first kappa shape index (κ1) is 25.3. The maximum atomic E-state index is 12.7. The third-order valence-corrected chi connectivity index (χ3v) is 5.44. The van der Waals surface area contributed by atoms with Gasteiger partial charge in [0, 0.05) is 33.9 Å². The summed E-state index contributed by atoms with van der Waals surface area (Å²) in [6.07, 6.45) is 9.36. The maximum Gasteiger partial charge on any atom is 0.185 e. The highest BCUT2D eigenvalue weighted by molar-refractivity contribution is 6.07. The molecule has 172 valence electrons. The summed E-state index contributed by atoms with van der Waals surface area (Å²) in [7, 11) is 0. The zero-order chi connectivity index (χ0) is 23.6. The minimum atomic E-state index is -0.299. The number of rotatable bonds is 13. The number of hydrogen-bond acceptors (Lipinski definition) is 4. The number of allylic oxidation sites excluding steroid dienone is 2. The molecule has 32 heavy (non-hydrogen) atoms. The summed E-state index contributed by atoms with van der Waals surface area (Å²) in [5, 5.41) is 0. The van der Waals surface area contributed by atoms with Gasteiger partial charge in [-0.1, -0.05) is 46.6 Å². The Balaban J connectivity index is 2.46. The van der Waals surface area contributed by atoms with Crippen LogP contribution in [-0.2, 0) is 5.41 Å². The number of anilines is 1. The number of ether oxygens (including phenoxy) is 2. The quantitative estimate of drug-likeness (QED) is 0.121. The predicted molar refractivity (Wildman–Crippen MR) is 135 cm³/mol. The summed E-state index contributed by atoms with van der Waals surface area (Å²) in [5.41, 5.74) is 8.52. The summed E-state index contributed by atoms with van der Waals surface area (Å²) >= 11 is 0. The molecule has 0 atom stereocenters. The van der Waals surface area contributed by atoms with Crippen LogP contribution in [0.25, 0.3) is 6.08 Å². The van der Waals surface area contributed by atoms with Crippen LogP contribution in [0, 0.1) is 0 Å². The monoisotopic (exact) mass is 435 g/mol. The van der Waals surface area contributed by atoms with E-state index in [4.69, 9.17) is 15.2 Å². The summed E-state index contributed by atoms with van der Waals surface area (Å²) in [4.78, 5) is 12.7. The number of benzene rings is 2. The Bertz CT molecular complexity index is 926. The molecule has 0 aliphatic rings. The van der Waals surface area contributed by atoms with Gasteiger partial charge in [-0.05, 0) is 55.3 Å². The molecule has 0 fully saturated rings. The van der Waals surface area contributed by atoms with Crippen LogP contribution in [0.15, 0.2) is 55.1 Å². The molecule has 0 heterocycles. The topological polar surface area (TPSA) is 61.6 Å². The van der Waals surface area contributed by atoms with Gasteiger partial charge in [-0.3, -0.25) is 4.79 Å². The Morgan fingerprint density at radius 2 is 1.59 bits per heavy atom. The van der Waals surface area contributed by atoms with Crippen LogP contribution in [0.5, 0.6) is 11.5 Å². The number of unbranched alkanes of at least 4 members (excludes halogenated alkanes) is 2. The second-order valence-corrected chi connectivity index (χ2v) is 8.54. The molecule has 0 unspecified atom stereocenters. The van der Waals surface area contributed by atoms with Gasteiger partial charge >= 0.3 is 0 Å². The molecule has 0 radical (unpaired) electrons. The summed E-state index contributed by atoms with van der Waals surface area (Å²) in [5.74, 6) is 1.43. The molecule has 0 spiro atoms. The molecular formula is C28H37NO3. The zero-order valence-electron chi connectivity index (χ0n) is 19.9. The summed E-state index contributed by atoms with van der Waals surface area (Å²) in [6, 6.07) is 10.9. The molecule has 0 aromatic heterocycles. The average molecular weight is 436 g/mol. The van der Waals surface area contributed by atoms with Crippen LogP contribution < -0.4 is 15.2 Å². The lowest BCUT2D eigenvalue weighted by Crippen LogP contribution is -2.16. The molecule has 4 nitrogen and oxygen atoms in total. The molecule has 0 saturated heterocycles. The van der Waals surface area contributed by atoms with Crippen molar-refractivity contribution in [2.75, 3.05) is 18.9 Å². The van der Waals surface area contributed by atoms with E-state index in [1.165, 1.54) is 0 Å². The molecule has 2 aromatic carbocycles. The first-order chi connectivity index (χ1) is 15.3. The number of nitrogen functional groups attached to an aromatic ring is 1. The van der Waals surface area contributed by atoms with Gasteiger partial charge in [0.15, 0.2) is 5.78 Å². The number of ketones is 1. The maximum absolute atomic E-state index is 12.7. The second-order valence-electron chi connectivity index (χ2n) is 8.54. The van der Waals surface area contributed by atoms with Crippen molar-refractivity contribution in [2.45, 2.75) is 58.8 Å². The van der Waals surface area contributed by atoms with Crippen LogP contribution in [-0.4, -0.2) is 19.0 Å². The number of carbonyl (C=O) groups excluding carboxylic acids is 1. The summed E-state index contributed by atoms with van der Waals surface area (Å²) in [6.45, 7) is 13.8. The van der Waals surface area contributed by atoms with Crippen LogP contribution >= 0.6 is 0 Å². The van der Waals surface area contributed by atoms with Crippen molar-refractivity contribution in [2.24, 2.45) is 0 Å². The van der Waals surface area contributed by atoms with Gasteiger partial charge in [0.05, 0.1) is 13.2 Å². The van der Waals surface area contributed by atoms with Crippen molar-refractivity contribution in [1.29, 1.82) is 0 Å². The largest absolute Gasteiger partial charge is 0.493 e. The van der Waals surface area contributed by atoms with Crippen molar-refractivity contribution in [3.05, 3.63) is 71.8 Å². The highest BCUT2D eigenvalue weighted by Gasteiger charge is 2.23. The molecular weight excluding hydrogens is 398 g/mol. The Kier molecular flexibility index (Phi) is 9.58. The van der Waals surface area contributed by atoms with E-state index in [0.29, 0.717) is 24.5 Å². The molecule has 2 N–H and O–H groups in total. The van der Waals surface area contributed by atoms with Crippen molar-refractivity contribution in [1.82, 2.24) is 0 Å². The number of carbonyl (C=O) groups is 1. The fourth-order valence-corrected chi connectivity index (χ4v) is 3.13. The first-order valence-corrected chi connectivity index (χ1v) is 11.5. The third-order valence-electron chi connectivity index (χ3n) is 5.44. The van der Waals surface area contributed by atoms with Crippen LogP contribution in [0.1, 0.15) is 74.9 Å². The van der Waals surface area contributed by atoms with Gasteiger partial charge in [-0.25, -0.2) is 0 Å². The predicted octanol–water partition coefficient (Wildman–Crippen LogP) is 6.99. The zero-order valence-corrected chi connectivity index (χ0v) is 19.9. The van der Waals surface area contributed by atoms with Crippen molar-refractivity contribution >= 4 is 17.5 Å². The lowest BCUT2D eigenvalue weighted by molar-refractivity contribution is 0.104. The standard InChI is InChI=1S/C28H37NO3/c1-6-9-17-31-26-20-27(32-18-10-7-2)24(28(4,5)8-3)19-22(26)13-16-25(30)21-11-14-23(29)15-12-21/h8,11-16,19-20H,3,6-7,9-10,17-18,29H2,1-2,4-5H3/b16-13+. The molecule has 0 bridgehead atoms. The Hall–Kier alpha value is -3.01. The van der Waals surface area contributed by atoms with E-state index in [1.54, 1.807) is 30.3 Å². The molecule has 0 amide bonds. The normalized spacial score (nSPS) is 11.5. The van der Waals surface area contributed by atoms with Gasteiger partial charge in [-0.15, -0.1) is 6.58 Å². The minimum Gasteiger partial charge on any atom is -0.493 e. The van der Waals surface area contributed by atoms with Crippen molar-refractivity contribution in [3.63, 3.8) is 0 Å². The first-order valence-electron chi connectivity index (χ1n) is 11.5. The average Bonchev–Trinajstić information content (AvgIpc) is 2.78. The van der Waals surface area contributed by atoms with Crippen molar-refractivity contribution in [3.8, 4) is 11.5 Å². The van der Waals surface area contributed by atoms with E-state index in [9.17, 15) is 4.79 Å². The summed E-state index contributed by atoms with van der Waals surface area (Å²) < 4.78 is 12.2. The lowest BCUT2D eigenvalue weighted by atomic mass is 9.83. The van der Waals surface area contributed by atoms with Crippen molar-refractivity contribution < 1.29 is 14.3 Å². The van der Waals surface area contributed by atoms with E-state index in [0.717, 1.165) is 48.3 Å². The van der Waals surface area contributed by atoms with Gasteiger partial charge < -0.3 is 15.2 Å². The van der Waals surface area contributed by atoms with Crippen LogP contribution in [0.4, 0.5) is 5.69 Å². The van der Waals surface area contributed by atoms with E-state index in [2.05, 4.69) is 40.3 Å². The van der Waals surface area contributed by atoms with Gasteiger partial charge in [0.25, 0.3) is 0 Å². The molecule has 2 rings (SSSR count). The second kappa shape index (κ2) is 12.1. The Morgan fingerprint density at radius 3 is 2.16 bits per heavy atom. The Morgan fingerprint density at radius 1 is 1.00 bits per heavy atom. The van der Waals surface area contributed by atoms with Crippen LogP contribution in [0.2, 0.25) is 0 Å². The lowest BCUT2D eigenvalue weighted by Gasteiger charge is -2.25. The van der Waals surface area contributed by atoms with Gasteiger partial charge in [-0.2, -0.15) is 0 Å². The van der Waals surface area contributed by atoms with E-state index >= 15 is 0 Å². The SMILES string of the molecule is C=CC(C)(C)c1cc(/C=C/C(=O)c2ccc(N)cc2)c(OCCCC)cc1OCCCC. The van der Waals surface area contributed by atoms with Gasteiger partial charge in [0.2, 0.25) is 0 Å². The fraction of sp³-hybridized carbons (Fsp3) is 0.393. The third kappa shape index (κ3) is 7.01. The number of hydrogen-bond donors (Lipinski definition) is 1. The highest BCUT2D eigenvalue weighted by atomic mass is 16.5. The smallest absolute Gasteiger partial charge is 0.185 e. The highest BCUT2D eigenvalue weighted by Crippen LogP contribution is 2.38. The molecule has 2 aromatic rings. The number of nitrogens with two attached hydrogens (primary N) is 1. The molecule has 0 aliphatic heterocycles. The Labute approximate surface area is 193 Å². The van der Waals surface area contributed by atoms with E-state index < -0.39 is 0 Å². The fourth-order valence-electron chi connectivity index (χ4n) is 3.13. The van der Waals surface area contributed by atoms with Gasteiger partial charge in [0.1, 0.15) is 11.5 Å². The molecule has 4 heteroatoms. The van der Waals surface area contributed by atoms with E-state index in [1.807, 2.05) is 18.2 Å². The minimum absolute atomic E-state index is 0.0858.